The smallest absolute Gasteiger partial charge is 0.0406 e. The van der Waals surface area contributed by atoms with Crippen LogP contribution in [0.15, 0.2) is 90.6 Å². The van der Waals surface area contributed by atoms with Crippen molar-refractivity contribution in [3.05, 3.63) is 107 Å². The molecule has 1 atom stereocenters. The third-order valence-electron chi connectivity index (χ3n) is 5.66. The van der Waals surface area contributed by atoms with E-state index in [0.717, 1.165) is 11.3 Å². The number of anilines is 1. The van der Waals surface area contributed by atoms with Gasteiger partial charge in [0.1, 0.15) is 0 Å². The zero-order valence-corrected chi connectivity index (χ0v) is 18.7. The Morgan fingerprint density at radius 2 is 1.63 bits per heavy atom. The lowest BCUT2D eigenvalue weighted by Crippen LogP contribution is -2.16. The fourth-order valence-corrected chi connectivity index (χ4v) is 3.70. The summed E-state index contributed by atoms with van der Waals surface area (Å²) < 4.78 is 0. The van der Waals surface area contributed by atoms with E-state index in [1.54, 1.807) is 0 Å². The van der Waals surface area contributed by atoms with Crippen LogP contribution in [-0.2, 0) is 0 Å². The minimum absolute atomic E-state index is 0.0367. The molecule has 2 heteroatoms. The summed E-state index contributed by atoms with van der Waals surface area (Å²) in [6.45, 7) is 8.43. The number of benzene rings is 3. The molecular formula is C28H32N2. The quantitative estimate of drug-likeness (QED) is 0.449. The van der Waals surface area contributed by atoms with Crippen LogP contribution in [0.3, 0.4) is 0 Å². The van der Waals surface area contributed by atoms with Crippen molar-refractivity contribution in [2.24, 2.45) is 5.73 Å². The van der Waals surface area contributed by atoms with Gasteiger partial charge in [-0.05, 0) is 73.7 Å². The van der Waals surface area contributed by atoms with Gasteiger partial charge in [0.2, 0.25) is 0 Å². The molecule has 1 unspecified atom stereocenters. The molecule has 0 amide bonds. The third-order valence-corrected chi connectivity index (χ3v) is 5.66. The molecule has 0 spiro atoms. The first-order valence-corrected chi connectivity index (χ1v) is 10.5. The van der Waals surface area contributed by atoms with Crippen LogP contribution in [0.1, 0.15) is 43.5 Å². The number of aryl methyl sites for hydroxylation is 1. The Morgan fingerprint density at radius 3 is 2.27 bits per heavy atom. The van der Waals surface area contributed by atoms with Crippen LogP contribution < -0.4 is 10.6 Å². The average molecular weight is 397 g/mol. The fraction of sp³-hybridized carbons (Fsp3) is 0.214. The van der Waals surface area contributed by atoms with E-state index in [9.17, 15) is 0 Å². The first-order chi connectivity index (χ1) is 14.4. The standard InChI is InChI=1S/C28H32N2/c1-6-10-28(27-14-8-7-11-20(27)2)22(4)30(5)26-17-15-23(16-18-26)25-13-9-12-24(19-25)21(3)29/h6-19,21H,29H2,1-5H3/b10-6-,28-22-. The highest BCUT2D eigenvalue weighted by molar-refractivity contribution is 5.81. The van der Waals surface area contributed by atoms with E-state index >= 15 is 0 Å². The maximum atomic E-state index is 6.05. The number of hydrogen-bond donors (Lipinski definition) is 1. The van der Waals surface area contributed by atoms with E-state index in [2.05, 4.69) is 118 Å². The lowest BCUT2D eigenvalue weighted by atomic mass is 9.97. The van der Waals surface area contributed by atoms with Gasteiger partial charge in [-0.25, -0.2) is 0 Å². The van der Waals surface area contributed by atoms with Crippen LogP contribution in [0.5, 0.6) is 0 Å². The molecule has 2 N–H and O–H groups in total. The van der Waals surface area contributed by atoms with E-state index in [-0.39, 0.29) is 6.04 Å². The van der Waals surface area contributed by atoms with Gasteiger partial charge < -0.3 is 10.6 Å². The van der Waals surface area contributed by atoms with Gasteiger partial charge in [0.25, 0.3) is 0 Å². The molecule has 0 saturated heterocycles. The van der Waals surface area contributed by atoms with Crippen molar-refractivity contribution in [2.45, 2.75) is 33.7 Å². The Kier molecular flexibility index (Phi) is 6.91. The van der Waals surface area contributed by atoms with E-state index in [0.29, 0.717) is 0 Å². The predicted molar refractivity (Wildman–Crippen MR) is 131 cm³/mol. The third kappa shape index (κ3) is 4.72. The summed E-state index contributed by atoms with van der Waals surface area (Å²) in [4.78, 5) is 2.25. The molecule has 0 aromatic heterocycles. The van der Waals surface area contributed by atoms with Crippen molar-refractivity contribution in [1.29, 1.82) is 0 Å². The second-order valence-corrected chi connectivity index (χ2v) is 7.83. The van der Waals surface area contributed by atoms with Crippen molar-refractivity contribution in [3.63, 3.8) is 0 Å². The van der Waals surface area contributed by atoms with Crippen LogP contribution in [-0.4, -0.2) is 7.05 Å². The average Bonchev–Trinajstić information content (AvgIpc) is 2.77. The maximum absolute atomic E-state index is 6.05. The highest BCUT2D eigenvalue weighted by Crippen LogP contribution is 2.30. The molecule has 0 radical (unpaired) electrons. The monoisotopic (exact) mass is 396 g/mol. The molecule has 0 aliphatic heterocycles. The summed E-state index contributed by atoms with van der Waals surface area (Å²) in [7, 11) is 2.13. The molecule has 30 heavy (non-hydrogen) atoms. The van der Waals surface area contributed by atoms with Crippen LogP contribution >= 0.6 is 0 Å². The topological polar surface area (TPSA) is 29.3 Å². The molecule has 0 aliphatic carbocycles. The zero-order chi connectivity index (χ0) is 21.7. The Hall–Kier alpha value is -3.10. The first-order valence-electron chi connectivity index (χ1n) is 10.5. The summed E-state index contributed by atoms with van der Waals surface area (Å²) in [5.41, 5.74) is 15.8. The second-order valence-electron chi connectivity index (χ2n) is 7.83. The lowest BCUT2D eigenvalue weighted by molar-refractivity contribution is 0.819. The van der Waals surface area contributed by atoms with Gasteiger partial charge in [-0.3, -0.25) is 0 Å². The van der Waals surface area contributed by atoms with Crippen molar-refractivity contribution < 1.29 is 0 Å². The van der Waals surface area contributed by atoms with Gasteiger partial charge >= 0.3 is 0 Å². The molecule has 0 saturated carbocycles. The fourth-order valence-electron chi connectivity index (χ4n) is 3.70. The van der Waals surface area contributed by atoms with Gasteiger partial charge in [-0.15, -0.1) is 0 Å². The van der Waals surface area contributed by atoms with Crippen molar-refractivity contribution in [2.75, 3.05) is 11.9 Å². The van der Waals surface area contributed by atoms with Crippen LogP contribution in [0.4, 0.5) is 5.69 Å². The largest absolute Gasteiger partial charge is 0.348 e. The Balaban J connectivity index is 1.94. The van der Waals surface area contributed by atoms with Crippen LogP contribution in [0, 0.1) is 6.92 Å². The molecule has 0 bridgehead atoms. The number of hydrogen-bond acceptors (Lipinski definition) is 2. The van der Waals surface area contributed by atoms with E-state index in [4.69, 9.17) is 5.73 Å². The van der Waals surface area contributed by atoms with Crippen molar-refractivity contribution in [3.8, 4) is 11.1 Å². The molecular weight excluding hydrogens is 364 g/mol. The number of nitrogens with zero attached hydrogens (tertiary/aromatic N) is 1. The molecule has 3 rings (SSSR count). The van der Waals surface area contributed by atoms with E-state index in [1.807, 2.05) is 6.92 Å². The number of nitrogens with two attached hydrogens (primary N) is 1. The Morgan fingerprint density at radius 1 is 0.933 bits per heavy atom. The number of rotatable bonds is 6. The zero-order valence-electron chi connectivity index (χ0n) is 18.7. The van der Waals surface area contributed by atoms with E-state index < -0.39 is 0 Å². The molecule has 0 heterocycles. The Labute approximate surface area is 181 Å². The van der Waals surface area contributed by atoms with Gasteiger partial charge in [0, 0.05) is 30.0 Å². The summed E-state index contributed by atoms with van der Waals surface area (Å²) in [6, 6.07) is 25.8. The van der Waals surface area contributed by atoms with Crippen molar-refractivity contribution in [1.82, 2.24) is 0 Å². The molecule has 3 aromatic carbocycles. The molecule has 3 aromatic rings. The first kappa shape index (κ1) is 21.6. The van der Waals surface area contributed by atoms with Gasteiger partial charge in [0.15, 0.2) is 0 Å². The molecule has 2 nitrogen and oxygen atoms in total. The number of allylic oxidation sites excluding steroid dienone is 4. The van der Waals surface area contributed by atoms with Crippen LogP contribution in [0.25, 0.3) is 16.7 Å². The highest BCUT2D eigenvalue weighted by Gasteiger charge is 2.11. The van der Waals surface area contributed by atoms with Gasteiger partial charge in [0.05, 0.1) is 0 Å². The minimum Gasteiger partial charge on any atom is -0.348 e. The summed E-state index contributed by atoms with van der Waals surface area (Å²) in [5.74, 6) is 0. The van der Waals surface area contributed by atoms with Crippen molar-refractivity contribution >= 4 is 11.3 Å². The van der Waals surface area contributed by atoms with Gasteiger partial charge in [-0.1, -0.05) is 66.7 Å². The molecule has 0 fully saturated rings. The summed E-state index contributed by atoms with van der Waals surface area (Å²) in [5, 5.41) is 0. The minimum atomic E-state index is 0.0367. The van der Waals surface area contributed by atoms with Gasteiger partial charge in [-0.2, -0.15) is 0 Å². The lowest BCUT2D eigenvalue weighted by Gasteiger charge is -2.24. The van der Waals surface area contributed by atoms with E-state index in [1.165, 1.54) is 33.5 Å². The second kappa shape index (κ2) is 9.60. The molecule has 154 valence electrons. The summed E-state index contributed by atoms with van der Waals surface area (Å²) >= 11 is 0. The Bertz CT molecular complexity index is 1060. The predicted octanol–water partition coefficient (Wildman–Crippen LogP) is 7.13. The normalized spacial score (nSPS) is 13.3. The molecule has 0 aliphatic rings. The SMILES string of the molecule is C/C=C\C(=C(/C)N(C)c1ccc(-c2cccc(C(C)N)c2)cc1)c1ccccc1C. The van der Waals surface area contributed by atoms with Crippen LogP contribution in [0.2, 0.25) is 0 Å². The highest BCUT2D eigenvalue weighted by atomic mass is 15.1. The summed E-state index contributed by atoms with van der Waals surface area (Å²) in [6.07, 6.45) is 4.30. The maximum Gasteiger partial charge on any atom is 0.0406 e.